The SMILES string of the molecule is CCN(CC)CCN(C)S(C)(=O)=O. The quantitative estimate of drug-likeness (QED) is 0.627. The Morgan fingerprint density at radius 2 is 1.54 bits per heavy atom. The molecule has 0 saturated heterocycles. The van der Waals surface area contributed by atoms with Gasteiger partial charge in [0.2, 0.25) is 10.0 Å². The van der Waals surface area contributed by atoms with Crippen LogP contribution in [-0.2, 0) is 10.0 Å². The molecule has 0 spiro atoms. The molecule has 0 heterocycles. The van der Waals surface area contributed by atoms with E-state index >= 15 is 0 Å². The molecule has 4 nitrogen and oxygen atoms in total. The van der Waals surface area contributed by atoms with Gasteiger partial charge >= 0.3 is 0 Å². The first-order valence-electron chi connectivity index (χ1n) is 4.55. The molecule has 0 aliphatic rings. The zero-order valence-electron chi connectivity index (χ0n) is 8.95. The first kappa shape index (κ1) is 12.9. The van der Waals surface area contributed by atoms with Crippen LogP contribution in [0.15, 0.2) is 0 Å². The Balaban J connectivity index is 3.89. The summed E-state index contributed by atoms with van der Waals surface area (Å²) >= 11 is 0. The molecule has 0 aliphatic carbocycles. The molecule has 0 fully saturated rings. The minimum absolute atomic E-state index is 0.570. The highest BCUT2D eigenvalue weighted by molar-refractivity contribution is 7.88. The topological polar surface area (TPSA) is 40.6 Å². The van der Waals surface area contributed by atoms with Crippen LogP contribution in [0.25, 0.3) is 0 Å². The zero-order valence-corrected chi connectivity index (χ0v) is 9.76. The highest BCUT2D eigenvalue weighted by Gasteiger charge is 2.11. The lowest BCUT2D eigenvalue weighted by atomic mass is 10.5. The maximum absolute atomic E-state index is 11.0. The number of rotatable bonds is 6. The Labute approximate surface area is 81.6 Å². The summed E-state index contributed by atoms with van der Waals surface area (Å²) in [5.41, 5.74) is 0. The standard InChI is InChI=1S/C8H20N2O2S/c1-5-10(6-2)8-7-9(3)13(4,11)12/h5-8H2,1-4H3. The molecule has 5 heteroatoms. The summed E-state index contributed by atoms with van der Waals surface area (Å²) in [6.45, 7) is 7.45. The second-order valence-electron chi connectivity index (χ2n) is 3.11. The van der Waals surface area contributed by atoms with Gasteiger partial charge in [-0.05, 0) is 13.1 Å². The van der Waals surface area contributed by atoms with Crippen LogP contribution >= 0.6 is 0 Å². The average Bonchev–Trinajstić information content (AvgIpc) is 2.04. The van der Waals surface area contributed by atoms with Gasteiger partial charge in [-0.1, -0.05) is 13.8 Å². The molecule has 0 aromatic carbocycles. The van der Waals surface area contributed by atoms with E-state index in [2.05, 4.69) is 18.7 Å². The molecule has 0 aliphatic heterocycles. The first-order chi connectivity index (χ1) is 5.91. The molecule has 80 valence electrons. The van der Waals surface area contributed by atoms with Crippen molar-refractivity contribution in [2.24, 2.45) is 0 Å². The number of hydrogen-bond donors (Lipinski definition) is 0. The molecule has 0 N–H and O–H groups in total. The van der Waals surface area contributed by atoms with Gasteiger partial charge in [0, 0.05) is 20.1 Å². The molecule has 0 amide bonds. The van der Waals surface area contributed by atoms with Crippen molar-refractivity contribution in [3.8, 4) is 0 Å². The fourth-order valence-corrected chi connectivity index (χ4v) is 1.40. The third-order valence-electron chi connectivity index (χ3n) is 2.19. The van der Waals surface area contributed by atoms with Gasteiger partial charge in [-0.3, -0.25) is 0 Å². The summed E-state index contributed by atoms with van der Waals surface area (Å²) in [7, 11) is -1.40. The summed E-state index contributed by atoms with van der Waals surface area (Å²) in [6, 6.07) is 0. The van der Waals surface area contributed by atoms with E-state index in [0.29, 0.717) is 6.54 Å². The van der Waals surface area contributed by atoms with E-state index in [-0.39, 0.29) is 0 Å². The summed E-state index contributed by atoms with van der Waals surface area (Å²) in [5.74, 6) is 0. The Kier molecular flexibility index (Phi) is 5.51. The molecular weight excluding hydrogens is 188 g/mol. The molecule has 0 rings (SSSR count). The van der Waals surface area contributed by atoms with Crippen LogP contribution in [0, 0.1) is 0 Å². The van der Waals surface area contributed by atoms with Crippen molar-refractivity contribution < 1.29 is 8.42 Å². The fourth-order valence-electron chi connectivity index (χ4n) is 0.988. The molecule has 0 unspecified atom stereocenters. The molecule has 0 bridgehead atoms. The maximum atomic E-state index is 11.0. The predicted octanol–water partition coefficient (Wildman–Crippen LogP) is 0.220. The van der Waals surface area contributed by atoms with Crippen molar-refractivity contribution in [1.29, 1.82) is 0 Å². The molecule has 0 radical (unpaired) electrons. The summed E-state index contributed by atoms with van der Waals surface area (Å²) in [5, 5.41) is 0. The van der Waals surface area contributed by atoms with Crippen molar-refractivity contribution in [2.75, 3.05) is 39.5 Å². The minimum Gasteiger partial charge on any atom is -0.303 e. The molecule has 0 saturated carbocycles. The normalized spacial score (nSPS) is 12.8. The lowest BCUT2D eigenvalue weighted by Crippen LogP contribution is -2.35. The summed E-state index contributed by atoms with van der Waals surface area (Å²) < 4.78 is 23.4. The first-order valence-corrected chi connectivity index (χ1v) is 6.40. The molecule has 0 aromatic rings. The van der Waals surface area contributed by atoms with Crippen molar-refractivity contribution >= 4 is 10.0 Å². The Bertz CT molecular complexity index is 222. The van der Waals surface area contributed by atoms with Gasteiger partial charge < -0.3 is 4.90 Å². The fraction of sp³-hybridized carbons (Fsp3) is 1.00. The highest BCUT2D eigenvalue weighted by Crippen LogP contribution is 1.94. The van der Waals surface area contributed by atoms with Crippen LogP contribution in [0.3, 0.4) is 0 Å². The van der Waals surface area contributed by atoms with E-state index in [4.69, 9.17) is 0 Å². The van der Waals surface area contributed by atoms with E-state index < -0.39 is 10.0 Å². The van der Waals surface area contributed by atoms with E-state index in [1.165, 1.54) is 10.6 Å². The minimum atomic E-state index is -3.01. The molecular formula is C8H20N2O2S. The summed E-state index contributed by atoms with van der Waals surface area (Å²) in [6.07, 6.45) is 1.23. The molecule has 0 atom stereocenters. The Morgan fingerprint density at radius 3 is 1.85 bits per heavy atom. The Morgan fingerprint density at radius 1 is 1.08 bits per heavy atom. The number of hydrogen-bond acceptors (Lipinski definition) is 3. The maximum Gasteiger partial charge on any atom is 0.210 e. The largest absolute Gasteiger partial charge is 0.303 e. The Hall–Kier alpha value is -0.130. The van der Waals surface area contributed by atoms with E-state index in [1.807, 2.05) is 0 Å². The third kappa shape index (κ3) is 5.23. The van der Waals surface area contributed by atoms with Crippen molar-refractivity contribution in [2.45, 2.75) is 13.8 Å². The number of likely N-dealkylation sites (N-methyl/N-ethyl adjacent to an activating group) is 2. The van der Waals surface area contributed by atoms with Crippen molar-refractivity contribution in [3.05, 3.63) is 0 Å². The van der Waals surface area contributed by atoms with E-state index in [9.17, 15) is 8.42 Å². The van der Waals surface area contributed by atoms with Crippen molar-refractivity contribution in [1.82, 2.24) is 9.21 Å². The van der Waals surface area contributed by atoms with Crippen LogP contribution < -0.4 is 0 Å². The third-order valence-corrected chi connectivity index (χ3v) is 3.51. The van der Waals surface area contributed by atoms with Gasteiger partial charge in [-0.15, -0.1) is 0 Å². The van der Waals surface area contributed by atoms with Gasteiger partial charge in [0.05, 0.1) is 6.26 Å². The van der Waals surface area contributed by atoms with Gasteiger partial charge in [-0.25, -0.2) is 12.7 Å². The van der Waals surface area contributed by atoms with Crippen LogP contribution in [0.4, 0.5) is 0 Å². The van der Waals surface area contributed by atoms with E-state index in [0.717, 1.165) is 19.6 Å². The van der Waals surface area contributed by atoms with Gasteiger partial charge in [-0.2, -0.15) is 0 Å². The smallest absolute Gasteiger partial charge is 0.210 e. The monoisotopic (exact) mass is 208 g/mol. The van der Waals surface area contributed by atoms with Crippen LogP contribution in [0.2, 0.25) is 0 Å². The van der Waals surface area contributed by atoms with Crippen LogP contribution in [0.5, 0.6) is 0 Å². The van der Waals surface area contributed by atoms with Crippen LogP contribution in [0.1, 0.15) is 13.8 Å². The average molecular weight is 208 g/mol. The zero-order chi connectivity index (χ0) is 10.5. The lowest BCUT2D eigenvalue weighted by molar-refractivity contribution is 0.282. The second-order valence-corrected chi connectivity index (χ2v) is 5.20. The number of nitrogens with zero attached hydrogens (tertiary/aromatic N) is 2. The number of sulfonamides is 1. The summed E-state index contributed by atoms with van der Waals surface area (Å²) in [4.78, 5) is 2.20. The van der Waals surface area contributed by atoms with Gasteiger partial charge in [0.1, 0.15) is 0 Å². The highest BCUT2D eigenvalue weighted by atomic mass is 32.2. The molecule has 0 aromatic heterocycles. The molecule has 13 heavy (non-hydrogen) atoms. The van der Waals surface area contributed by atoms with Crippen molar-refractivity contribution in [3.63, 3.8) is 0 Å². The van der Waals surface area contributed by atoms with Gasteiger partial charge in [0.25, 0.3) is 0 Å². The van der Waals surface area contributed by atoms with Crippen LogP contribution in [-0.4, -0.2) is 57.1 Å². The van der Waals surface area contributed by atoms with E-state index in [1.54, 1.807) is 7.05 Å². The second kappa shape index (κ2) is 5.57. The lowest BCUT2D eigenvalue weighted by Gasteiger charge is -2.21. The predicted molar refractivity (Wildman–Crippen MR) is 55.3 cm³/mol. The van der Waals surface area contributed by atoms with Gasteiger partial charge in [0.15, 0.2) is 0 Å².